The van der Waals surface area contributed by atoms with Crippen molar-refractivity contribution in [2.24, 2.45) is 0 Å². The molecule has 106 valence electrons. The second-order valence-electron chi connectivity index (χ2n) is 4.14. The van der Waals surface area contributed by atoms with E-state index in [1.54, 1.807) is 12.1 Å². The van der Waals surface area contributed by atoms with Crippen molar-refractivity contribution in [1.29, 1.82) is 0 Å². The SMILES string of the molecule is CCCCOCCNC(=O)COc1ccccc1N. The lowest BCUT2D eigenvalue weighted by molar-refractivity contribution is -0.123. The van der Waals surface area contributed by atoms with Crippen LogP contribution in [0.5, 0.6) is 5.75 Å². The van der Waals surface area contributed by atoms with Gasteiger partial charge in [-0.05, 0) is 18.6 Å². The highest BCUT2D eigenvalue weighted by molar-refractivity contribution is 5.77. The molecule has 1 aromatic carbocycles. The highest BCUT2D eigenvalue weighted by Crippen LogP contribution is 2.19. The summed E-state index contributed by atoms with van der Waals surface area (Å²) < 4.78 is 10.6. The van der Waals surface area contributed by atoms with Crippen molar-refractivity contribution in [3.8, 4) is 5.75 Å². The number of rotatable bonds is 9. The lowest BCUT2D eigenvalue weighted by atomic mass is 10.3. The first-order chi connectivity index (χ1) is 9.24. The van der Waals surface area contributed by atoms with Crippen LogP contribution in [0.25, 0.3) is 0 Å². The van der Waals surface area contributed by atoms with Crippen molar-refractivity contribution in [1.82, 2.24) is 5.32 Å². The average molecular weight is 266 g/mol. The van der Waals surface area contributed by atoms with Crippen LogP contribution >= 0.6 is 0 Å². The lowest BCUT2D eigenvalue weighted by Crippen LogP contribution is -2.31. The Kier molecular flexibility index (Phi) is 7.43. The van der Waals surface area contributed by atoms with Crippen molar-refractivity contribution in [3.05, 3.63) is 24.3 Å². The van der Waals surface area contributed by atoms with Crippen LogP contribution < -0.4 is 15.8 Å². The maximum absolute atomic E-state index is 11.5. The molecular weight excluding hydrogens is 244 g/mol. The Morgan fingerprint density at radius 3 is 2.84 bits per heavy atom. The van der Waals surface area contributed by atoms with Gasteiger partial charge in [-0.25, -0.2) is 0 Å². The van der Waals surface area contributed by atoms with Gasteiger partial charge in [0.05, 0.1) is 12.3 Å². The van der Waals surface area contributed by atoms with Gasteiger partial charge < -0.3 is 20.5 Å². The molecule has 0 radical (unpaired) electrons. The van der Waals surface area contributed by atoms with Crippen molar-refractivity contribution in [2.45, 2.75) is 19.8 Å². The van der Waals surface area contributed by atoms with Crippen LogP contribution in [0.3, 0.4) is 0 Å². The normalized spacial score (nSPS) is 10.2. The number of hydrogen-bond acceptors (Lipinski definition) is 4. The maximum Gasteiger partial charge on any atom is 0.258 e. The molecule has 3 N–H and O–H groups in total. The summed E-state index contributed by atoms with van der Waals surface area (Å²) in [6.45, 7) is 3.83. The number of hydrogen-bond donors (Lipinski definition) is 2. The van der Waals surface area contributed by atoms with E-state index in [0.717, 1.165) is 19.4 Å². The van der Waals surface area contributed by atoms with Crippen LogP contribution in [0.15, 0.2) is 24.3 Å². The summed E-state index contributed by atoms with van der Waals surface area (Å²) in [6, 6.07) is 7.09. The topological polar surface area (TPSA) is 73.6 Å². The minimum Gasteiger partial charge on any atom is -0.482 e. The third-order valence-electron chi connectivity index (χ3n) is 2.49. The smallest absolute Gasteiger partial charge is 0.258 e. The van der Waals surface area contributed by atoms with E-state index in [9.17, 15) is 4.79 Å². The molecule has 0 spiro atoms. The number of nitrogens with one attached hydrogen (secondary N) is 1. The van der Waals surface area contributed by atoms with E-state index in [1.807, 2.05) is 12.1 Å². The van der Waals surface area contributed by atoms with E-state index < -0.39 is 0 Å². The highest BCUT2D eigenvalue weighted by Gasteiger charge is 2.03. The van der Waals surface area contributed by atoms with Crippen molar-refractivity contribution >= 4 is 11.6 Å². The Bertz CT molecular complexity index is 383. The molecule has 0 bridgehead atoms. The first kappa shape index (κ1) is 15.3. The second-order valence-corrected chi connectivity index (χ2v) is 4.14. The molecule has 5 heteroatoms. The van der Waals surface area contributed by atoms with Gasteiger partial charge in [-0.3, -0.25) is 4.79 Å². The molecule has 0 aromatic heterocycles. The van der Waals surface area contributed by atoms with Crippen molar-refractivity contribution in [3.63, 3.8) is 0 Å². The minimum absolute atomic E-state index is 0.0385. The Morgan fingerprint density at radius 1 is 1.32 bits per heavy atom. The van der Waals surface area contributed by atoms with Crippen LogP contribution in [-0.4, -0.2) is 32.3 Å². The molecule has 0 aliphatic carbocycles. The lowest BCUT2D eigenvalue weighted by Gasteiger charge is -2.09. The van der Waals surface area contributed by atoms with E-state index in [1.165, 1.54) is 0 Å². The first-order valence-corrected chi connectivity index (χ1v) is 6.55. The Labute approximate surface area is 114 Å². The average Bonchev–Trinajstić information content (AvgIpc) is 2.42. The van der Waals surface area contributed by atoms with E-state index in [0.29, 0.717) is 24.6 Å². The summed E-state index contributed by atoms with van der Waals surface area (Å²) in [7, 11) is 0. The van der Waals surface area contributed by atoms with Gasteiger partial charge in [-0.2, -0.15) is 0 Å². The van der Waals surface area contributed by atoms with Gasteiger partial charge in [-0.15, -0.1) is 0 Å². The fourth-order valence-electron chi connectivity index (χ4n) is 1.42. The van der Waals surface area contributed by atoms with Gasteiger partial charge in [0.25, 0.3) is 5.91 Å². The Morgan fingerprint density at radius 2 is 2.11 bits per heavy atom. The first-order valence-electron chi connectivity index (χ1n) is 6.55. The Balaban J connectivity index is 2.10. The summed E-state index contributed by atoms with van der Waals surface area (Å²) >= 11 is 0. The van der Waals surface area contributed by atoms with E-state index in [-0.39, 0.29) is 12.5 Å². The zero-order chi connectivity index (χ0) is 13.9. The number of benzene rings is 1. The standard InChI is InChI=1S/C14H22N2O3/c1-2-3-9-18-10-8-16-14(17)11-19-13-7-5-4-6-12(13)15/h4-7H,2-3,8-11,15H2,1H3,(H,16,17). The van der Waals surface area contributed by atoms with Gasteiger partial charge in [0.15, 0.2) is 6.61 Å². The number of amides is 1. The zero-order valence-electron chi connectivity index (χ0n) is 11.4. The third-order valence-corrected chi connectivity index (χ3v) is 2.49. The van der Waals surface area contributed by atoms with Crippen LogP contribution in [0.1, 0.15) is 19.8 Å². The summed E-state index contributed by atoms with van der Waals surface area (Å²) in [5.41, 5.74) is 6.22. The zero-order valence-corrected chi connectivity index (χ0v) is 11.4. The van der Waals surface area contributed by atoms with Gasteiger partial charge in [0, 0.05) is 13.2 Å². The molecule has 5 nitrogen and oxygen atoms in total. The van der Waals surface area contributed by atoms with Crippen LogP contribution in [0.4, 0.5) is 5.69 Å². The fraction of sp³-hybridized carbons (Fsp3) is 0.500. The van der Waals surface area contributed by atoms with Crippen LogP contribution in [0.2, 0.25) is 0 Å². The quantitative estimate of drug-likeness (QED) is 0.526. The number of anilines is 1. The number of unbranched alkanes of at least 4 members (excludes halogenated alkanes) is 1. The number of para-hydroxylation sites is 2. The number of nitrogens with two attached hydrogens (primary N) is 1. The molecule has 0 fully saturated rings. The molecule has 0 aliphatic heterocycles. The third kappa shape index (κ3) is 6.67. The molecule has 19 heavy (non-hydrogen) atoms. The van der Waals surface area contributed by atoms with Crippen molar-refractivity contribution in [2.75, 3.05) is 32.1 Å². The van der Waals surface area contributed by atoms with Gasteiger partial charge in [-0.1, -0.05) is 25.5 Å². The van der Waals surface area contributed by atoms with Gasteiger partial charge in [0.2, 0.25) is 0 Å². The van der Waals surface area contributed by atoms with Crippen molar-refractivity contribution < 1.29 is 14.3 Å². The summed E-state index contributed by atoms with van der Waals surface area (Å²) in [5.74, 6) is 0.346. The molecular formula is C14H22N2O3. The number of nitrogen functional groups attached to an aromatic ring is 1. The molecule has 1 rings (SSSR count). The molecule has 0 atom stereocenters. The molecule has 1 aromatic rings. The number of ether oxygens (including phenoxy) is 2. The minimum atomic E-state index is -0.178. The van der Waals surface area contributed by atoms with E-state index in [4.69, 9.17) is 15.2 Å². The number of carbonyl (C=O) groups is 1. The van der Waals surface area contributed by atoms with Crippen LogP contribution in [-0.2, 0) is 9.53 Å². The largest absolute Gasteiger partial charge is 0.482 e. The molecule has 0 saturated heterocycles. The summed E-state index contributed by atoms with van der Waals surface area (Å²) in [5, 5.41) is 2.72. The summed E-state index contributed by atoms with van der Waals surface area (Å²) in [4.78, 5) is 11.5. The predicted octanol–water partition coefficient (Wildman–Crippen LogP) is 1.58. The fourth-order valence-corrected chi connectivity index (χ4v) is 1.42. The van der Waals surface area contributed by atoms with Gasteiger partial charge in [0.1, 0.15) is 5.75 Å². The summed E-state index contributed by atoms with van der Waals surface area (Å²) in [6.07, 6.45) is 2.16. The molecule has 0 heterocycles. The molecule has 0 aliphatic rings. The highest BCUT2D eigenvalue weighted by atomic mass is 16.5. The second kappa shape index (κ2) is 9.22. The Hall–Kier alpha value is -1.75. The molecule has 0 unspecified atom stereocenters. The number of carbonyl (C=O) groups excluding carboxylic acids is 1. The molecule has 1 amide bonds. The van der Waals surface area contributed by atoms with Crippen LogP contribution in [0, 0.1) is 0 Å². The van der Waals surface area contributed by atoms with E-state index in [2.05, 4.69) is 12.2 Å². The maximum atomic E-state index is 11.5. The van der Waals surface area contributed by atoms with E-state index >= 15 is 0 Å². The monoisotopic (exact) mass is 266 g/mol. The molecule has 0 saturated carbocycles. The van der Waals surface area contributed by atoms with Gasteiger partial charge >= 0.3 is 0 Å². The predicted molar refractivity (Wildman–Crippen MR) is 75.1 cm³/mol.